The number of halogens is 1. The van der Waals surface area contributed by atoms with Crippen LogP contribution >= 0.6 is 0 Å². The molecule has 4 rings (SSSR count). The summed E-state index contributed by atoms with van der Waals surface area (Å²) in [5.74, 6) is -0.274. The molecule has 3 aromatic rings. The van der Waals surface area contributed by atoms with Crippen molar-refractivity contribution >= 4 is 11.6 Å². The van der Waals surface area contributed by atoms with Crippen LogP contribution in [0.2, 0.25) is 0 Å². The third-order valence-electron chi connectivity index (χ3n) is 4.80. The minimum Gasteiger partial charge on any atom is -0.334 e. The van der Waals surface area contributed by atoms with Crippen molar-refractivity contribution in [3.05, 3.63) is 83.4 Å². The summed E-state index contributed by atoms with van der Waals surface area (Å²) in [6.07, 6.45) is 3.66. The van der Waals surface area contributed by atoms with Gasteiger partial charge in [-0.25, -0.2) is 13.9 Å². The minimum atomic E-state index is -0.274. The first-order valence-corrected chi connectivity index (χ1v) is 9.31. The van der Waals surface area contributed by atoms with Gasteiger partial charge in [0.15, 0.2) is 0 Å². The molecule has 0 saturated heterocycles. The Morgan fingerprint density at radius 3 is 2.86 bits per heavy atom. The molecule has 0 fully saturated rings. The molecule has 0 aliphatic carbocycles. The van der Waals surface area contributed by atoms with Crippen molar-refractivity contribution in [2.45, 2.75) is 13.1 Å². The number of nitrogens with two attached hydrogens (primary N) is 1. The number of nitrogens with zero attached hydrogens (tertiary/aromatic N) is 4. The summed E-state index contributed by atoms with van der Waals surface area (Å²) in [5, 5.41) is 11.0. The average molecular weight is 392 g/mol. The highest BCUT2D eigenvalue weighted by Crippen LogP contribution is 2.23. The van der Waals surface area contributed by atoms with E-state index in [-0.39, 0.29) is 11.8 Å². The van der Waals surface area contributed by atoms with Crippen molar-refractivity contribution in [1.29, 1.82) is 0 Å². The molecule has 0 atom stereocenters. The molecular formula is C21H21FN6O. The van der Waals surface area contributed by atoms with Crippen molar-refractivity contribution < 1.29 is 9.18 Å². The maximum atomic E-state index is 14.0. The molecule has 0 radical (unpaired) electrons. The number of benzene rings is 2. The van der Waals surface area contributed by atoms with Gasteiger partial charge >= 0.3 is 6.03 Å². The predicted octanol–water partition coefficient (Wildman–Crippen LogP) is 2.47. The molecular weight excluding hydrogens is 371 g/mol. The van der Waals surface area contributed by atoms with E-state index in [1.807, 2.05) is 30.3 Å². The van der Waals surface area contributed by atoms with Gasteiger partial charge in [0.05, 0.1) is 17.6 Å². The van der Waals surface area contributed by atoms with E-state index >= 15 is 0 Å². The highest BCUT2D eigenvalue weighted by molar-refractivity contribution is 5.80. The second kappa shape index (κ2) is 8.24. The van der Waals surface area contributed by atoms with Crippen LogP contribution in [0, 0.1) is 5.82 Å². The molecule has 7 nitrogen and oxygen atoms in total. The summed E-state index contributed by atoms with van der Waals surface area (Å²) in [7, 11) is 0. The van der Waals surface area contributed by atoms with Crippen LogP contribution in [-0.2, 0) is 13.1 Å². The van der Waals surface area contributed by atoms with Gasteiger partial charge in [-0.15, -0.1) is 5.10 Å². The number of hydrogen-bond acceptors (Lipinski definition) is 4. The fourth-order valence-electron chi connectivity index (χ4n) is 3.24. The summed E-state index contributed by atoms with van der Waals surface area (Å²) in [5.41, 5.74) is 9.42. The highest BCUT2D eigenvalue weighted by atomic mass is 19.1. The van der Waals surface area contributed by atoms with Crippen molar-refractivity contribution in [1.82, 2.24) is 25.2 Å². The van der Waals surface area contributed by atoms with E-state index in [2.05, 4.69) is 15.6 Å². The van der Waals surface area contributed by atoms with Gasteiger partial charge in [0.25, 0.3) is 0 Å². The molecule has 2 amide bonds. The van der Waals surface area contributed by atoms with Gasteiger partial charge in [-0.1, -0.05) is 41.6 Å². The molecule has 3 N–H and O–H groups in total. The molecule has 2 aromatic carbocycles. The molecule has 0 bridgehead atoms. The third-order valence-corrected chi connectivity index (χ3v) is 4.80. The molecule has 0 unspecified atom stereocenters. The van der Waals surface area contributed by atoms with E-state index < -0.39 is 0 Å². The molecule has 1 aromatic heterocycles. The average Bonchev–Trinajstić information content (AvgIpc) is 3.42. The number of carbonyl (C=O) groups excluding carboxylic acids is 1. The zero-order chi connectivity index (χ0) is 20.2. The van der Waals surface area contributed by atoms with Gasteiger partial charge in [0.2, 0.25) is 0 Å². The lowest BCUT2D eigenvalue weighted by molar-refractivity contribution is 0.210. The fraction of sp³-hybridized carbons (Fsp3) is 0.190. The maximum Gasteiger partial charge on any atom is 0.318 e. The number of hydrogen-bond donors (Lipinski definition) is 2. The Bertz CT molecular complexity index is 1060. The second-order valence-electron chi connectivity index (χ2n) is 6.78. The topological polar surface area (TPSA) is 89.1 Å². The Labute approximate surface area is 167 Å². The van der Waals surface area contributed by atoms with Crippen molar-refractivity contribution in [2.24, 2.45) is 5.73 Å². The number of nitrogens with one attached hydrogen (secondary N) is 1. The zero-order valence-corrected chi connectivity index (χ0v) is 15.8. The van der Waals surface area contributed by atoms with Crippen LogP contribution < -0.4 is 11.1 Å². The van der Waals surface area contributed by atoms with Gasteiger partial charge in [0.1, 0.15) is 5.82 Å². The Kier molecular flexibility index (Phi) is 5.35. The van der Waals surface area contributed by atoms with Gasteiger partial charge in [0, 0.05) is 31.7 Å². The molecule has 1 aliphatic rings. The zero-order valence-electron chi connectivity index (χ0n) is 15.8. The molecule has 0 saturated carbocycles. The SMILES string of the molecule is NCc1cn(-c2cccc(CNC(=O)N3CC=C(c4ccccc4F)C3)c2)nn1. The van der Waals surface area contributed by atoms with Crippen LogP contribution in [0.4, 0.5) is 9.18 Å². The Morgan fingerprint density at radius 2 is 2.07 bits per heavy atom. The van der Waals surface area contributed by atoms with E-state index in [4.69, 9.17) is 5.73 Å². The Balaban J connectivity index is 1.36. The number of carbonyl (C=O) groups is 1. The normalized spacial score (nSPS) is 13.4. The lowest BCUT2D eigenvalue weighted by atomic mass is 10.1. The highest BCUT2D eigenvalue weighted by Gasteiger charge is 2.21. The van der Waals surface area contributed by atoms with Crippen LogP contribution in [0.15, 0.2) is 60.8 Å². The van der Waals surface area contributed by atoms with Crippen LogP contribution in [0.3, 0.4) is 0 Å². The van der Waals surface area contributed by atoms with E-state index in [9.17, 15) is 9.18 Å². The molecule has 29 heavy (non-hydrogen) atoms. The molecule has 0 spiro atoms. The van der Waals surface area contributed by atoms with E-state index in [0.29, 0.717) is 37.4 Å². The third kappa shape index (κ3) is 4.17. The summed E-state index contributed by atoms with van der Waals surface area (Å²) < 4.78 is 15.6. The number of urea groups is 1. The van der Waals surface area contributed by atoms with Crippen molar-refractivity contribution in [2.75, 3.05) is 13.1 Å². The summed E-state index contributed by atoms with van der Waals surface area (Å²) >= 11 is 0. The maximum absolute atomic E-state index is 14.0. The summed E-state index contributed by atoms with van der Waals surface area (Å²) in [6, 6.07) is 14.1. The van der Waals surface area contributed by atoms with Crippen molar-refractivity contribution in [3.8, 4) is 5.69 Å². The lowest BCUT2D eigenvalue weighted by Gasteiger charge is -2.18. The van der Waals surface area contributed by atoms with Gasteiger partial charge in [-0.2, -0.15) is 0 Å². The number of rotatable bonds is 5. The largest absolute Gasteiger partial charge is 0.334 e. The summed E-state index contributed by atoms with van der Waals surface area (Å²) in [4.78, 5) is 14.2. The standard InChI is InChI=1S/C21H21FN6O/c22-20-7-2-1-6-19(20)16-8-9-27(13-16)21(29)24-12-15-4-3-5-18(10-15)28-14-17(11-23)25-26-28/h1-8,10,14H,9,11-13,23H2,(H,24,29). The minimum absolute atomic E-state index is 0.191. The van der Waals surface area contributed by atoms with Crippen LogP contribution in [0.5, 0.6) is 0 Å². The Morgan fingerprint density at radius 1 is 1.21 bits per heavy atom. The molecule has 8 heteroatoms. The monoisotopic (exact) mass is 392 g/mol. The first kappa shape index (κ1) is 18.8. The van der Waals surface area contributed by atoms with E-state index in [1.54, 1.807) is 34.0 Å². The lowest BCUT2D eigenvalue weighted by Crippen LogP contribution is -2.38. The number of amides is 2. The summed E-state index contributed by atoms with van der Waals surface area (Å²) in [6.45, 7) is 1.54. The van der Waals surface area contributed by atoms with Gasteiger partial charge in [-0.05, 0) is 29.3 Å². The fourth-order valence-corrected chi connectivity index (χ4v) is 3.24. The molecule has 148 valence electrons. The predicted molar refractivity (Wildman–Crippen MR) is 107 cm³/mol. The van der Waals surface area contributed by atoms with Crippen LogP contribution in [-0.4, -0.2) is 39.0 Å². The first-order chi connectivity index (χ1) is 14.1. The Hall–Kier alpha value is -3.52. The van der Waals surface area contributed by atoms with Crippen LogP contribution in [0.25, 0.3) is 11.3 Å². The quantitative estimate of drug-likeness (QED) is 0.698. The van der Waals surface area contributed by atoms with Gasteiger partial charge < -0.3 is 16.0 Å². The molecule has 2 heterocycles. The second-order valence-corrected chi connectivity index (χ2v) is 6.78. The molecule has 1 aliphatic heterocycles. The number of aromatic nitrogens is 3. The smallest absolute Gasteiger partial charge is 0.318 e. The van der Waals surface area contributed by atoms with E-state index in [1.165, 1.54) is 6.07 Å². The van der Waals surface area contributed by atoms with Crippen LogP contribution in [0.1, 0.15) is 16.8 Å². The van der Waals surface area contributed by atoms with Gasteiger partial charge in [-0.3, -0.25) is 0 Å². The van der Waals surface area contributed by atoms with Crippen molar-refractivity contribution in [3.63, 3.8) is 0 Å². The van der Waals surface area contributed by atoms with E-state index in [0.717, 1.165) is 16.8 Å². The first-order valence-electron chi connectivity index (χ1n) is 9.31.